The molecule has 21 heavy (non-hydrogen) atoms. The summed E-state index contributed by atoms with van der Waals surface area (Å²) in [6.45, 7) is 1.35. The van der Waals surface area contributed by atoms with Crippen LogP contribution in [-0.4, -0.2) is 56.5 Å². The molecule has 1 aliphatic rings. The minimum Gasteiger partial charge on any atom is -0.292 e. The van der Waals surface area contributed by atoms with E-state index >= 15 is 0 Å². The predicted octanol–water partition coefficient (Wildman–Crippen LogP) is 2.18. The summed E-state index contributed by atoms with van der Waals surface area (Å²) in [6, 6.07) is 3.35. The lowest BCUT2D eigenvalue weighted by atomic mass is 10.3. The zero-order valence-electron chi connectivity index (χ0n) is 11.6. The van der Waals surface area contributed by atoms with E-state index in [4.69, 9.17) is 0 Å². The Kier molecular flexibility index (Phi) is 4.96. The molecule has 0 N–H and O–H groups in total. The molecule has 120 valence electrons. The van der Waals surface area contributed by atoms with Gasteiger partial charge in [0.2, 0.25) is 0 Å². The molecule has 1 fully saturated rings. The van der Waals surface area contributed by atoms with E-state index in [0.717, 1.165) is 11.3 Å². The maximum atomic E-state index is 12.4. The average molecular weight is 342 g/mol. The summed E-state index contributed by atoms with van der Waals surface area (Å²) in [5.74, 6) is 0. The van der Waals surface area contributed by atoms with Crippen molar-refractivity contribution in [2.75, 3.05) is 32.7 Å². The molecule has 1 aromatic rings. The second-order valence-corrected chi connectivity index (χ2v) is 8.20. The highest BCUT2D eigenvalue weighted by Gasteiger charge is 2.35. The fourth-order valence-corrected chi connectivity index (χ4v) is 5.07. The van der Waals surface area contributed by atoms with Crippen LogP contribution >= 0.6 is 11.3 Å². The molecule has 0 unspecified atom stereocenters. The molecule has 1 saturated heterocycles. The standard InChI is InChI=1S/C12H17F3N2O2S2/c1-2-10-3-4-11(20-10)21(18,19)17-7-5-16(6-8-17)9-12(13,14)15/h3-4H,2,5-9H2,1H3. The largest absolute Gasteiger partial charge is 0.401 e. The van der Waals surface area contributed by atoms with Crippen molar-refractivity contribution in [3.05, 3.63) is 17.0 Å². The van der Waals surface area contributed by atoms with Gasteiger partial charge in [-0.2, -0.15) is 17.5 Å². The monoisotopic (exact) mass is 342 g/mol. The molecule has 1 aliphatic heterocycles. The smallest absolute Gasteiger partial charge is 0.292 e. The number of nitrogens with zero attached hydrogens (tertiary/aromatic N) is 2. The van der Waals surface area contributed by atoms with Crippen LogP contribution in [0.15, 0.2) is 16.3 Å². The van der Waals surface area contributed by atoms with Gasteiger partial charge < -0.3 is 0 Å². The highest BCUT2D eigenvalue weighted by molar-refractivity contribution is 7.91. The summed E-state index contributed by atoms with van der Waals surface area (Å²) in [6.07, 6.45) is -3.48. The lowest BCUT2D eigenvalue weighted by molar-refractivity contribution is -0.148. The predicted molar refractivity (Wildman–Crippen MR) is 75.0 cm³/mol. The number of hydrogen-bond donors (Lipinski definition) is 0. The van der Waals surface area contributed by atoms with Gasteiger partial charge in [-0.1, -0.05) is 6.92 Å². The molecular formula is C12H17F3N2O2S2. The molecule has 9 heteroatoms. The Hall–Kier alpha value is -0.640. The van der Waals surface area contributed by atoms with Crippen molar-refractivity contribution in [2.24, 2.45) is 0 Å². The highest BCUT2D eigenvalue weighted by atomic mass is 32.2. The fraction of sp³-hybridized carbons (Fsp3) is 0.667. The molecule has 0 aromatic carbocycles. The number of sulfonamides is 1. The minimum atomic E-state index is -4.25. The normalized spacial score (nSPS) is 19.0. The number of rotatable bonds is 4. The van der Waals surface area contributed by atoms with E-state index in [1.165, 1.54) is 20.5 Å². The van der Waals surface area contributed by atoms with Gasteiger partial charge >= 0.3 is 6.18 Å². The topological polar surface area (TPSA) is 40.6 Å². The fourth-order valence-electron chi connectivity index (χ4n) is 2.20. The molecule has 2 rings (SSSR count). The van der Waals surface area contributed by atoms with Gasteiger partial charge in [-0.15, -0.1) is 11.3 Å². The molecular weight excluding hydrogens is 325 g/mol. The second kappa shape index (κ2) is 6.23. The van der Waals surface area contributed by atoms with E-state index in [2.05, 4.69) is 0 Å². The highest BCUT2D eigenvalue weighted by Crippen LogP contribution is 2.26. The van der Waals surface area contributed by atoms with Crippen molar-refractivity contribution < 1.29 is 21.6 Å². The first-order valence-electron chi connectivity index (χ1n) is 6.60. The van der Waals surface area contributed by atoms with Gasteiger partial charge in [-0.25, -0.2) is 8.42 Å². The third-order valence-electron chi connectivity index (χ3n) is 3.31. The Morgan fingerprint density at radius 3 is 2.29 bits per heavy atom. The third-order valence-corrected chi connectivity index (χ3v) is 6.91. The van der Waals surface area contributed by atoms with Gasteiger partial charge in [0, 0.05) is 31.1 Å². The van der Waals surface area contributed by atoms with Crippen LogP contribution in [0.2, 0.25) is 0 Å². The van der Waals surface area contributed by atoms with Gasteiger partial charge in [0.15, 0.2) is 0 Å². The summed E-state index contributed by atoms with van der Waals surface area (Å²) in [7, 11) is -3.57. The average Bonchev–Trinajstić information content (AvgIpc) is 2.87. The van der Waals surface area contributed by atoms with Crippen LogP contribution in [0.4, 0.5) is 13.2 Å². The van der Waals surface area contributed by atoms with Gasteiger partial charge in [0.25, 0.3) is 10.0 Å². The number of hydrogen-bond acceptors (Lipinski definition) is 4. The number of alkyl halides is 3. The quantitative estimate of drug-likeness (QED) is 0.842. The van der Waals surface area contributed by atoms with Crippen LogP contribution in [0.1, 0.15) is 11.8 Å². The Morgan fingerprint density at radius 2 is 1.81 bits per heavy atom. The number of piperazine rings is 1. The van der Waals surface area contributed by atoms with Crippen LogP contribution in [0.3, 0.4) is 0 Å². The van der Waals surface area contributed by atoms with E-state index in [9.17, 15) is 21.6 Å². The molecule has 0 radical (unpaired) electrons. The molecule has 0 bridgehead atoms. The maximum absolute atomic E-state index is 12.4. The Balaban J connectivity index is 2.01. The molecule has 0 aliphatic carbocycles. The lowest BCUT2D eigenvalue weighted by Crippen LogP contribution is -2.50. The number of thiophene rings is 1. The molecule has 0 amide bonds. The van der Waals surface area contributed by atoms with Crippen LogP contribution in [0.5, 0.6) is 0 Å². The molecule has 0 atom stereocenters. The van der Waals surface area contributed by atoms with Gasteiger partial charge in [0.05, 0.1) is 6.54 Å². The van der Waals surface area contributed by atoms with Crippen molar-refractivity contribution >= 4 is 21.4 Å². The van der Waals surface area contributed by atoms with E-state index in [0.29, 0.717) is 0 Å². The summed E-state index contributed by atoms with van der Waals surface area (Å²) < 4.78 is 63.3. The van der Waals surface area contributed by atoms with Crippen molar-refractivity contribution in [3.8, 4) is 0 Å². The van der Waals surface area contributed by atoms with Gasteiger partial charge in [-0.05, 0) is 18.6 Å². The zero-order valence-corrected chi connectivity index (χ0v) is 13.2. The van der Waals surface area contributed by atoms with Crippen molar-refractivity contribution in [2.45, 2.75) is 23.7 Å². The number of aryl methyl sites for hydroxylation is 1. The molecule has 0 saturated carbocycles. The molecule has 0 spiro atoms. The van der Waals surface area contributed by atoms with E-state index in [-0.39, 0.29) is 30.4 Å². The second-order valence-electron chi connectivity index (χ2n) is 4.87. The van der Waals surface area contributed by atoms with Crippen LogP contribution in [0, 0.1) is 0 Å². The van der Waals surface area contributed by atoms with Crippen molar-refractivity contribution in [3.63, 3.8) is 0 Å². The van der Waals surface area contributed by atoms with E-state index < -0.39 is 22.7 Å². The summed E-state index contributed by atoms with van der Waals surface area (Å²) in [5, 5.41) is 0. The molecule has 4 nitrogen and oxygen atoms in total. The molecule has 2 heterocycles. The zero-order chi connectivity index (χ0) is 15.7. The lowest BCUT2D eigenvalue weighted by Gasteiger charge is -2.33. The summed E-state index contributed by atoms with van der Waals surface area (Å²) >= 11 is 1.22. The first kappa shape index (κ1) is 16.7. The SMILES string of the molecule is CCc1ccc(S(=O)(=O)N2CCN(CC(F)(F)F)CC2)s1. The first-order chi connectivity index (χ1) is 9.72. The maximum Gasteiger partial charge on any atom is 0.401 e. The van der Waals surface area contributed by atoms with Gasteiger partial charge in [-0.3, -0.25) is 4.90 Å². The van der Waals surface area contributed by atoms with E-state index in [1.54, 1.807) is 12.1 Å². The Bertz CT molecular complexity index is 576. The summed E-state index contributed by atoms with van der Waals surface area (Å²) in [4.78, 5) is 2.21. The summed E-state index contributed by atoms with van der Waals surface area (Å²) in [5.41, 5.74) is 0. The Morgan fingerprint density at radius 1 is 1.19 bits per heavy atom. The number of halogens is 3. The minimum absolute atomic E-state index is 0.0950. The van der Waals surface area contributed by atoms with Crippen LogP contribution < -0.4 is 0 Å². The van der Waals surface area contributed by atoms with Crippen LogP contribution in [0.25, 0.3) is 0 Å². The van der Waals surface area contributed by atoms with Crippen LogP contribution in [-0.2, 0) is 16.4 Å². The molecule has 1 aromatic heterocycles. The van der Waals surface area contributed by atoms with Gasteiger partial charge in [0.1, 0.15) is 4.21 Å². The van der Waals surface area contributed by atoms with Crippen molar-refractivity contribution in [1.82, 2.24) is 9.21 Å². The first-order valence-corrected chi connectivity index (χ1v) is 8.86. The van der Waals surface area contributed by atoms with Crippen molar-refractivity contribution in [1.29, 1.82) is 0 Å². The third kappa shape index (κ3) is 4.18. The van der Waals surface area contributed by atoms with E-state index in [1.807, 2.05) is 6.92 Å². The Labute approximate surface area is 126 Å².